The average molecular weight is 295 g/mol. The first-order valence-electron chi connectivity index (χ1n) is 7.19. The van der Waals surface area contributed by atoms with Crippen molar-refractivity contribution in [3.8, 4) is 0 Å². The summed E-state index contributed by atoms with van der Waals surface area (Å²) >= 11 is 3.42. The Morgan fingerprint density at radius 1 is 0.941 bits per heavy atom. The Hall–Kier alpha value is 0.150. The Morgan fingerprint density at radius 3 is 2.24 bits per heavy atom. The molecule has 0 nitrogen and oxygen atoms in total. The molecule has 6 aliphatic carbocycles. The van der Waals surface area contributed by atoms with Gasteiger partial charge in [0.1, 0.15) is 0 Å². The van der Waals surface area contributed by atoms with E-state index in [1.165, 1.54) is 25.7 Å². The number of hydrogen-bond acceptors (Lipinski definition) is 0. The second kappa shape index (κ2) is 2.09. The average Bonchev–Trinajstić information content (AvgIpc) is 3.13. The summed E-state index contributed by atoms with van der Waals surface area (Å²) in [6, 6.07) is 0. The summed E-state index contributed by atoms with van der Waals surface area (Å²) < 4.78 is 13.6. The molecule has 0 amide bonds. The largest absolute Gasteiger partial charge is 0.231 e. The lowest BCUT2D eigenvalue weighted by atomic mass is 9.74. The van der Waals surface area contributed by atoms with Crippen LogP contribution in [0, 0.1) is 46.3 Å². The first-order chi connectivity index (χ1) is 8.13. The zero-order valence-electron chi connectivity index (χ0n) is 9.70. The Bertz CT molecular complexity index is 485. The molecule has 17 heavy (non-hydrogen) atoms. The Labute approximate surface area is 109 Å². The molecule has 5 fully saturated rings. The van der Waals surface area contributed by atoms with Crippen LogP contribution in [0.4, 0.5) is 4.39 Å². The SMILES string of the molecule is F[C@]1(Br)[C@H]2[C@H]3[C@H]([C@@H]4C=C[C@H]3C43CC3)C3(CC3)[C@H]21. The van der Waals surface area contributed by atoms with Crippen molar-refractivity contribution in [3.05, 3.63) is 12.2 Å². The summed E-state index contributed by atoms with van der Waals surface area (Å²) in [7, 11) is 0. The normalized spacial score (nSPS) is 68.6. The molecule has 2 bridgehead atoms. The predicted molar refractivity (Wildman–Crippen MR) is 66.2 cm³/mol. The molecular weight excluding hydrogens is 279 g/mol. The van der Waals surface area contributed by atoms with Crippen molar-refractivity contribution in [2.75, 3.05) is 0 Å². The lowest BCUT2D eigenvalue weighted by Gasteiger charge is -2.31. The van der Waals surface area contributed by atoms with Gasteiger partial charge in [0.05, 0.1) is 0 Å². The highest BCUT2D eigenvalue weighted by Crippen LogP contribution is 2.92. The fourth-order valence-corrected chi connectivity index (χ4v) is 8.04. The van der Waals surface area contributed by atoms with Gasteiger partial charge in [-0.05, 0) is 76.1 Å². The van der Waals surface area contributed by atoms with Crippen molar-refractivity contribution in [2.24, 2.45) is 46.3 Å². The zero-order valence-corrected chi connectivity index (χ0v) is 11.3. The Kier molecular flexibility index (Phi) is 1.12. The quantitative estimate of drug-likeness (QED) is 0.469. The van der Waals surface area contributed by atoms with Gasteiger partial charge in [-0.25, -0.2) is 4.39 Å². The molecule has 0 aliphatic heterocycles. The van der Waals surface area contributed by atoms with Crippen LogP contribution in [-0.2, 0) is 0 Å². The third kappa shape index (κ3) is 0.676. The fourth-order valence-electron chi connectivity index (χ4n) is 6.86. The Morgan fingerprint density at radius 2 is 1.59 bits per heavy atom. The molecule has 5 saturated carbocycles. The van der Waals surface area contributed by atoms with Gasteiger partial charge in [-0.1, -0.05) is 12.2 Å². The van der Waals surface area contributed by atoms with E-state index in [9.17, 15) is 4.39 Å². The number of alkyl halides is 2. The molecule has 2 spiro atoms. The summed E-state index contributed by atoms with van der Waals surface area (Å²) in [5.41, 5.74) is 1.08. The molecule has 0 aromatic rings. The maximum absolute atomic E-state index is 14.6. The molecule has 6 rings (SSSR count). The minimum Gasteiger partial charge on any atom is -0.231 e. The number of rotatable bonds is 0. The maximum Gasteiger partial charge on any atom is 0.172 e. The van der Waals surface area contributed by atoms with E-state index in [4.69, 9.17) is 0 Å². The zero-order chi connectivity index (χ0) is 11.2. The van der Waals surface area contributed by atoms with Crippen molar-refractivity contribution in [2.45, 2.75) is 30.3 Å². The van der Waals surface area contributed by atoms with Gasteiger partial charge in [-0.15, -0.1) is 0 Å². The lowest BCUT2D eigenvalue weighted by Crippen LogP contribution is -2.29. The summed E-state index contributed by atoms with van der Waals surface area (Å²) in [5.74, 6) is 3.91. The van der Waals surface area contributed by atoms with Gasteiger partial charge in [0, 0.05) is 11.8 Å². The first kappa shape index (κ1) is 9.12. The van der Waals surface area contributed by atoms with Crippen molar-refractivity contribution in [1.82, 2.24) is 0 Å². The van der Waals surface area contributed by atoms with Crippen LogP contribution in [-0.4, -0.2) is 4.58 Å². The third-order valence-corrected chi connectivity index (χ3v) is 8.55. The molecule has 0 N–H and O–H groups in total. The second-order valence-corrected chi connectivity index (χ2v) is 8.90. The van der Waals surface area contributed by atoms with E-state index in [1.807, 2.05) is 0 Å². The molecule has 0 heterocycles. The summed E-state index contributed by atoms with van der Waals surface area (Å²) in [4.78, 5) is 0. The first-order valence-corrected chi connectivity index (χ1v) is 7.98. The number of fused-ring (bicyclic) bond motifs is 7. The van der Waals surface area contributed by atoms with Gasteiger partial charge < -0.3 is 0 Å². The standard InChI is InChI=1S/C15H16BrF/c16-15(17)11-9-7-1-2-8(13(7)3-4-13)10(9)14(5-6-14)12(11)15/h1-2,7-12H,3-6H2/t7-,8+,9-,10+,11+,12+,15-/m1/s1. The van der Waals surface area contributed by atoms with Crippen LogP contribution in [0.5, 0.6) is 0 Å². The van der Waals surface area contributed by atoms with Crippen LogP contribution in [0.25, 0.3) is 0 Å². The molecule has 0 radical (unpaired) electrons. The van der Waals surface area contributed by atoms with Gasteiger partial charge in [0.25, 0.3) is 0 Å². The highest BCUT2D eigenvalue weighted by atomic mass is 79.9. The van der Waals surface area contributed by atoms with E-state index < -0.39 is 4.58 Å². The number of hydrogen-bond donors (Lipinski definition) is 0. The topological polar surface area (TPSA) is 0 Å². The smallest absolute Gasteiger partial charge is 0.172 e. The molecule has 2 heteroatoms. The highest BCUT2D eigenvalue weighted by Gasteiger charge is 2.90. The van der Waals surface area contributed by atoms with Crippen LogP contribution < -0.4 is 0 Å². The second-order valence-electron chi connectivity index (χ2n) is 7.68. The van der Waals surface area contributed by atoms with Gasteiger partial charge in [-0.3, -0.25) is 0 Å². The molecule has 7 atom stereocenters. The molecule has 0 aromatic heterocycles. The molecule has 90 valence electrons. The van der Waals surface area contributed by atoms with Crippen molar-refractivity contribution < 1.29 is 4.39 Å². The summed E-state index contributed by atoms with van der Waals surface area (Å²) in [6.45, 7) is 0. The van der Waals surface area contributed by atoms with Crippen LogP contribution in [0.1, 0.15) is 25.7 Å². The van der Waals surface area contributed by atoms with E-state index in [1.54, 1.807) is 0 Å². The van der Waals surface area contributed by atoms with Gasteiger partial charge in [0.15, 0.2) is 4.58 Å². The molecule has 6 aliphatic rings. The van der Waals surface area contributed by atoms with E-state index in [-0.39, 0.29) is 0 Å². The van der Waals surface area contributed by atoms with Crippen molar-refractivity contribution >= 4 is 15.9 Å². The number of halogens is 2. The van der Waals surface area contributed by atoms with E-state index in [2.05, 4.69) is 28.1 Å². The van der Waals surface area contributed by atoms with Crippen LogP contribution >= 0.6 is 15.9 Å². The maximum atomic E-state index is 14.6. The summed E-state index contributed by atoms with van der Waals surface area (Å²) in [5, 5.41) is 0. The van der Waals surface area contributed by atoms with E-state index in [0.717, 1.165) is 17.8 Å². The third-order valence-electron chi connectivity index (χ3n) is 7.53. The lowest BCUT2D eigenvalue weighted by molar-refractivity contribution is 0.165. The van der Waals surface area contributed by atoms with Crippen LogP contribution in [0.15, 0.2) is 12.2 Å². The molecule has 0 aromatic carbocycles. The minimum atomic E-state index is -0.973. The predicted octanol–water partition coefficient (Wildman–Crippen LogP) is 3.92. The van der Waals surface area contributed by atoms with Crippen molar-refractivity contribution in [1.29, 1.82) is 0 Å². The van der Waals surface area contributed by atoms with Gasteiger partial charge in [0.2, 0.25) is 0 Å². The summed E-state index contributed by atoms with van der Waals surface area (Å²) in [6.07, 6.45) is 10.5. The fraction of sp³-hybridized carbons (Fsp3) is 0.867. The monoisotopic (exact) mass is 294 g/mol. The van der Waals surface area contributed by atoms with E-state index >= 15 is 0 Å². The Balaban J connectivity index is 1.57. The molecular formula is C15H16BrF. The van der Waals surface area contributed by atoms with Crippen molar-refractivity contribution in [3.63, 3.8) is 0 Å². The van der Waals surface area contributed by atoms with Gasteiger partial charge in [-0.2, -0.15) is 0 Å². The van der Waals surface area contributed by atoms with E-state index in [0.29, 0.717) is 28.6 Å². The molecule has 0 saturated heterocycles. The van der Waals surface area contributed by atoms with Crippen LogP contribution in [0.3, 0.4) is 0 Å². The minimum absolute atomic E-state index is 0.368. The highest BCUT2D eigenvalue weighted by molar-refractivity contribution is 9.10. The van der Waals surface area contributed by atoms with Crippen LogP contribution in [0.2, 0.25) is 0 Å². The number of allylic oxidation sites excluding steroid dienone is 2. The van der Waals surface area contributed by atoms with Gasteiger partial charge >= 0.3 is 0 Å². The molecule has 0 unspecified atom stereocenters.